The van der Waals surface area contributed by atoms with E-state index in [0.717, 1.165) is 42.7 Å². The minimum Gasteiger partial charge on any atom is -0.376 e. The van der Waals surface area contributed by atoms with Crippen molar-refractivity contribution in [2.45, 2.75) is 45.6 Å². The first-order chi connectivity index (χ1) is 10.6. The summed E-state index contributed by atoms with van der Waals surface area (Å²) in [6.07, 6.45) is 2.77. The summed E-state index contributed by atoms with van der Waals surface area (Å²) in [5, 5.41) is 5.62. The maximum atomic E-state index is 12.0. The van der Waals surface area contributed by atoms with Gasteiger partial charge < -0.3 is 15.4 Å². The van der Waals surface area contributed by atoms with E-state index in [1.54, 1.807) is 0 Å². The molecule has 1 aromatic rings. The normalized spacial score (nSPS) is 17.3. The minimum atomic E-state index is -0.283. The summed E-state index contributed by atoms with van der Waals surface area (Å²) in [5.74, 6) is -0.548. The Morgan fingerprint density at radius 3 is 2.82 bits per heavy atom. The third-order valence-electron chi connectivity index (χ3n) is 3.88. The van der Waals surface area contributed by atoms with E-state index in [1.165, 1.54) is 0 Å². The molecular weight excluding hydrogens is 280 g/mol. The molecule has 0 saturated carbocycles. The summed E-state index contributed by atoms with van der Waals surface area (Å²) in [4.78, 5) is 23.8. The van der Waals surface area contributed by atoms with Crippen LogP contribution in [0.25, 0.3) is 0 Å². The molecule has 5 nitrogen and oxygen atoms in total. The molecule has 1 unspecified atom stereocenters. The largest absolute Gasteiger partial charge is 0.376 e. The number of carbonyl (C=O) groups excluding carboxylic acids is 2. The number of aryl methyl sites for hydroxylation is 2. The Labute approximate surface area is 131 Å². The van der Waals surface area contributed by atoms with Gasteiger partial charge in [-0.1, -0.05) is 25.1 Å². The minimum absolute atomic E-state index is 0.0927. The monoisotopic (exact) mass is 304 g/mol. The van der Waals surface area contributed by atoms with Gasteiger partial charge in [-0.25, -0.2) is 0 Å². The molecule has 1 fully saturated rings. The first-order valence-electron chi connectivity index (χ1n) is 7.86. The first-order valence-corrected chi connectivity index (χ1v) is 7.86. The lowest BCUT2D eigenvalue weighted by atomic mass is 10.1. The van der Waals surface area contributed by atoms with Gasteiger partial charge in [0.05, 0.1) is 6.10 Å². The lowest BCUT2D eigenvalue weighted by Gasteiger charge is -2.13. The molecular formula is C17H24N2O3. The number of para-hydroxylation sites is 1. The van der Waals surface area contributed by atoms with Crippen LogP contribution >= 0.6 is 0 Å². The van der Waals surface area contributed by atoms with Gasteiger partial charge in [-0.3, -0.25) is 9.59 Å². The van der Waals surface area contributed by atoms with E-state index < -0.39 is 0 Å². The van der Waals surface area contributed by atoms with Crippen molar-refractivity contribution in [3.8, 4) is 0 Å². The fraction of sp³-hybridized carbons (Fsp3) is 0.529. The second kappa shape index (κ2) is 7.94. The number of nitrogens with one attached hydrogen (secondary N) is 2. The molecule has 2 N–H and O–H groups in total. The van der Waals surface area contributed by atoms with E-state index in [-0.39, 0.29) is 24.3 Å². The number of ether oxygens (including phenoxy) is 1. The van der Waals surface area contributed by atoms with Crippen LogP contribution in [0.15, 0.2) is 18.2 Å². The standard InChI is InChI=1S/C17H24N2O3/c1-3-13-7-4-6-12(2)17(13)19-16(21)10-15(20)18-11-14-8-5-9-22-14/h4,6-7,14H,3,5,8-11H2,1-2H3,(H,18,20)(H,19,21). The second-order valence-corrected chi connectivity index (χ2v) is 5.63. The molecule has 0 radical (unpaired) electrons. The molecule has 1 heterocycles. The Morgan fingerprint density at radius 2 is 2.14 bits per heavy atom. The van der Waals surface area contributed by atoms with E-state index in [9.17, 15) is 9.59 Å². The molecule has 1 aliphatic rings. The molecule has 0 bridgehead atoms. The predicted molar refractivity (Wildman–Crippen MR) is 85.8 cm³/mol. The van der Waals surface area contributed by atoms with Gasteiger partial charge in [-0.15, -0.1) is 0 Å². The van der Waals surface area contributed by atoms with Crippen LogP contribution in [0.4, 0.5) is 5.69 Å². The van der Waals surface area contributed by atoms with Crippen LogP contribution in [0, 0.1) is 6.92 Å². The van der Waals surface area contributed by atoms with Gasteiger partial charge in [0.1, 0.15) is 6.42 Å². The van der Waals surface area contributed by atoms with Crippen LogP contribution in [-0.2, 0) is 20.7 Å². The topological polar surface area (TPSA) is 67.4 Å². The maximum absolute atomic E-state index is 12.0. The van der Waals surface area contributed by atoms with E-state index in [2.05, 4.69) is 10.6 Å². The smallest absolute Gasteiger partial charge is 0.233 e. The first kappa shape index (κ1) is 16.5. The van der Waals surface area contributed by atoms with Crippen molar-refractivity contribution in [1.29, 1.82) is 0 Å². The van der Waals surface area contributed by atoms with Crippen molar-refractivity contribution in [1.82, 2.24) is 5.32 Å². The molecule has 1 atom stereocenters. The number of hydrogen-bond donors (Lipinski definition) is 2. The molecule has 0 aromatic heterocycles. The lowest BCUT2D eigenvalue weighted by Crippen LogP contribution is -2.34. The Hall–Kier alpha value is -1.88. The molecule has 1 saturated heterocycles. The number of carbonyl (C=O) groups is 2. The van der Waals surface area contributed by atoms with Gasteiger partial charge in [0, 0.05) is 18.8 Å². The molecule has 2 rings (SSSR count). The van der Waals surface area contributed by atoms with E-state index in [1.807, 2.05) is 32.0 Å². The summed E-state index contributed by atoms with van der Waals surface area (Å²) in [7, 11) is 0. The summed E-state index contributed by atoms with van der Waals surface area (Å²) in [5.41, 5.74) is 2.91. The van der Waals surface area contributed by atoms with Crippen molar-refractivity contribution < 1.29 is 14.3 Å². The lowest BCUT2D eigenvalue weighted by molar-refractivity contribution is -0.127. The Balaban J connectivity index is 1.83. The van der Waals surface area contributed by atoms with Crippen molar-refractivity contribution in [3.05, 3.63) is 29.3 Å². The fourth-order valence-corrected chi connectivity index (χ4v) is 2.63. The van der Waals surface area contributed by atoms with Crippen molar-refractivity contribution in [2.75, 3.05) is 18.5 Å². The average Bonchev–Trinajstić information content (AvgIpc) is 3.00. The summed E-state index contributed by atoms with van der Waals surface area (Å²) >= 11 is 0. The average molecular weight is 304 g/mol. The predicted octanol–water partition coefficient (Wildman–Crippen LogP) is 2.18. The fourth-order valence-electron chi connectivity index (χ4n) is 2.63. The van der Waals surface area contributed by atoms with Gasteiger partial charge in [-0.05, 0) is 37.3 Å². The summed E-state index contributed by atoms with van der Waals surface area (Å²) in [6.45, 7) is 5.23. The Bertz CT molecular complexity index is 537. The van der Waals surface area contributed by atoms with Gasteiger partial charge in [0.25, 0.3) is 0 Å². The molecule has 1 aliphatic heterocycles. The summed E-state index contributed by atoms with van der Waals surface area (Å²) in [6, 6.07) is 5.91. The maximum Gasteiger partial charge on any atom is 0.233 e. The molecule has 120 valence electrons. The third-order valence-corrected chi connectivity index (χ3v) is 3.88. The van der Waals surface area contributed by atoms with E-state index >= 15 is 0 Å². The number of amides is 2. The molecule has 0 spiro atoms. The second-order valence-electron chi connectivity index (χ2n) is 5.63. The Morgan fingerprint density at radius 1 is 1.32 bits per heavy atom. The van der Waals surface area contributed by atoms with Crippen LogP contribution in [0.1, 0.15) is 37.3 Å². The zero-order valence-corrected chi connectivity index (χ0v) is 13.3. The molecule has 0 aliphatic carbocycles. The van der Waals surface area contributed by atoms with Gasteiger partial charge in [0.15, 0.2) is 0 Å². The van der Waals surface area contributed by atoms with Gasteiger partial charge >= 0.3 is 0 Å². The van der Waals surface area contributed by atoms with Crippen LogP contribution in [-0.4, -0.2) is 31.1 Å². The van der Waals surface area contributed by atoms with Crippen molar-refractivity contribution >= 4 is 17.5 Å². The third kappa shape index (κ3) is 4.56. The highest BCUT2D eigenvalue weighted by atomic mass is 16.5. The van der Waals surface area contributed by atoms with Crippen molar-refractivity contribution in [2.24, 2.45) is 0 Å². The zero-order valence-electron chi connectivity index (χ0n) is 13.3. The van der Waals surface area contributed by atoms with Gasteiger partial charge in [0.2, 0.25) is 11.8 Å². The summed E-state index contributed by atoms with van der Waals surface area (Å²) < 4.78 is 5.43. The van der Waals surface area contributed by atoms with Crippen molar-refractivity contribution in [3.63, 3.8) is 0 Å². The zero-order chi connectivity index (χ0) is 15.9. The highest BCUT2D eigenvalue weighted by Crippen LogP contribution is 2.21. The molecule has 2 amide bonds. The van der Waals surface area contributed by atoms with Crippen LogP contribution < -0.4 is 10.6 Å². The molecule has 1 aromatic carbocycles. The quantitative estimate of drug-likeness (QED) is 0.792. The van der Waals surface area contributed by atoms with Crippen LogP contribution in [0.3, 0.4) is 0 Å². The van der Waals surface area contributed by atoms with E-state index in [0.29, 0.717) is 6.54 Å². The number of rotatable bonds is 6. The van der Waals surface area contributed by atoms with Gasteiger partial charge in [-0.2, -0.15) is 0 Å². The number of hydrogen-bond acceptors (Lipinski definition) is 3. The SMILES string of the molecule is CCc1cccc(C)c1NC(=O)CC(=O)NCC1CCCO1. The highest BCUT2D eigenvalue weighted by Gasteiger charge is 2.17. The number of benzene rings is 1. The number of anilines is 1. The Kier molecular flexibility index (Phi) is 5.95. The molecule has 22 heavy (non-hydrogen) atoms. The van der Waals surface area contributed by atoms with Crippen LogP contribution in [0.2, 0.25) is 0 Å². The van der Waals surface area contributed by atoms with E-state index in [4.69, 9.17) is 4.74 Å². The highest BCUT2D eigenvalue weighted by molar-refractivity contribution is 6.04. The van der Waals surface area contributed by atoms with Crippen LogP contribution in [0.5, 0.6) is 0 Å². The molecule has 5 heteroatoms.